The molecule has 1 fully saturated rings. The van der Waals surface area contributed by atoms with Crippen molar-refractivity contribution in [1.82, 2.24) is 25.3 Å². The van der Waals surface area contributed by atoms with E-state index >= 15 is 0 Å². The highest BCUT2D eigenvalue weighted by molar-refractivity contribution is 6.08. The largest absolute Gasteiger partial charge is 0.349 e. The monoisotopic (exact) mass is 378 g/mol. The number of nitrogens with zero attached hydrogens (tertiary/aromatic N) is 3. The Bertz CT molecular complexity index is 1060. The molecule has 8 heteroatoms. The van der Waals surface area contributed by atoms with E-state index in [0.29, 0.717) is 22.6 Å². The molecule has 8 nitrogen and oxygen atoms in total. The number of carbonyl (C=O) groups is 2. The van der Waals surface area contributed by atoms with E-state index in [2.05, 4.69) is 25.9 Å². The zero-order chi connectivity index (χ0) is 19.8. The van der Waals surface area contributed by atoms with E-state index < -0.39 is 0 Å². The first kappa shape index (κ1) is 18.0. The third-order valence-electron chi connectivity index (χ3n) is 4.92. The van der Waals surface area contributed by atoms with Gasteiger partial charge in [0, 0.05) is 24.3 Å². The first-order valence-corrected chi connectivity index (χ1v) is 9.21. The van der Waals surface area contributed by atoms with Crippen LogP contribution in [0, 0.1) is 13.8 Å². The topological polar surface area (TPSA) is 105 Å². The number of aryl methyl sites for hydroxylation is 2. The van der Waals surface area contributed by atoms with Gasteiger partial charge in [-0.15, -0.1) is 0 Å². The molecule has 1 aromatic carbocycles. The first-order chi connectivity index (χ1) is 13.4. The number of hydrogen-bond donors (Lipinski definition) is 3. The summed E-state index contributed by atoms with van der Waals surface area (Å²) in [5.41, 5.74) is 4.61. The van der Waals surface area contributed by atoms with Gasteiger partial charge >= 0.3 is 0 Å². The molecule has 2 aromatic heterocycles. The minimum atomic E-state index is -0.357. The normalized spacial score (nSPS) is 13.4. The third kappa shape index (κ3) is 3.40. The van der Waals surface area contributed by atoms with E-state index in [1.54, 1.807) is 35.0 Å². The molecule has 1 saturated carbocycles. The van der Waals surface area contributed by atoms with Crippen molar-refractivity contribution < 1.29 is 9.59 Å². The van der Waals surface area contributed by atoms with Crippen molar-refractivity contribution >= 4 is 17.5 Å². The molecule has 2 amide bonds. The molecule has 0 saturated heterocycles. The highest BCUT2D eigenvalue weighted by atomic mass is 16.2. The average Bonchev–Trinajstić information content (AvgIpc) is 3.27. The van der Waals surface area contributed by atoms with Crippen molar-refractivity contribution in [2.45, 2.75) is 32.7 Å². The Kier molecular flexibility index (Phi) is 4.46. The lowest BCUT2D eigenvalue weighted by atomic mass is 10.1. The number of para-hydroxylation sites is 1. The number of benzene rings is 1. The van der Waals surface area contributed by atoms with Crippen LogP contribution < -0.4 is 10.6 Å². The van der Waals surface area contributed by atoms with E-state index in [-0.39, 0.29) is 17.9 Å². The summed E-state index contributed by atoms with van der Waals surface area (Å²) in [6.07, 6.45) is 2.01. The molecule has 1 aliphatic carbocycles. The van der Waals surface area contributed by atoms with Gasteiger partial charge in [0.1, 0.15) is 5.69 Å². The number of amides is 2. The van der Waals surface area contributed by atoms with Crippen LogP contribution in [0.3, 0.4) is 0 Å². The molecule has 0 radical (unpaired) electrons. The van der Waals surface area contributed by atoms with Gasteiger partial charge in [-0.2, -0.15) is 10.2 Å². The summed E-state index contributed by atoms with van der Waals surface area (Å²) in [5, 5.41) is 17.2. The maximum Gasteiger partial charge on any atom is 0.273 e. The van der Waals surface area contributed by atoms with Gasteiger partial charge in [0.05, 0.1) is 22.6 Å². The van der Waals surface area contributed by atoms with Crippen LogP contribution in [0.4, 0.5) is 5.69 Å². The number of aromatic nitrogens is 4. The van der Waals surface area contributed by atoms with Crippen LogP contribution in [-0.2, 0) is 7.05 Å². The SMILES string of the molecule is Cc1nn(C)c(C)c1-c1cc(C(=O)Nc2ccccc2C(=O)NC2CC2)[nH]n1. The zero-order valence-electron chi connectivity index (χ0n) is 16.0. The van der Waals surface area contributed by atoms with Crippen LogP contribution >= 0.6 is 0 Å². The fourth-order valence-corrected chi connectivity index (χ4v) is 3.18. The van der Waals surface area contributed by atoms with E-state index in [4.69, 9.17) is 0 Å². The van der Waals surface area contributed by atoms with Gasteiger partial charge in [-0.25, -0.2) is 0 Å². The fourth-order valence-electron chi connectivity index (χ4n) is 3.18. The van der Waals surface area contributed by atoms with Crippen molar-refractivity contribution in [3.63, 3.8) is 0 Å². The Morgan fingerprint density at radius 1 is 1.18 bits per heavy atom. The molecule has 3 aromatic rings. The molecule has 0 unspecified atom stereocenters. The summed E-state index contributed by atoms with van der Waals surface area (Å²) in [6, 6.07) is 8.92. The van der Waals surface area contributed by atoms with Crippen molar-refractivity contribution in [2.75, 3.05) is 5.32 Å². The van der Waals surface area contributed by atoms with Gasteiger partial charge in [0.25, 0.3) is 11.8 Å². The second kappa shape index (κ2) is 6.95. The molecular formula is C20H22N6O2. The molecule has 2 heterocycles. The summed E-state index contributed by atoms with van der Waals surface area (Å²) in [6.45, 7) is 3.87. The third-order valence-corrected chi connectivity index (χ3v) is 4.92. The van der Waals surface area contributed by atoms with Gasteiger partial charge in [-0.3, -0.25) is 19.4 Å². The van der Waals surface area contributed by atoms with Crippen LogP contribution in [-0.4, -0.2) is 37.8 Å². The molecule has 28 heavy (non-hydrogen) atoms. The summed E-state index contributed by atoms with van der Waals surface area (Å²) < 4.78 is 1.79. The fraction of sp³-hybridized carbons (Fsp3) is 0.300. The van der Waals surface area contributed by atoms with Crippen LogP contribution in [0.2, 0.25) is 0 Å². The Labute approximate surface area is 162 Å². The molecule has 0 bridgehead atoms. The average molecular weight is 378 g/mol. The van der Waals surface area contributed by atoms with Crippen LogP contribution in [0.25, 0.3) is 11.3 Å². The molecular weight excluding hydrogens is 356 g/mol. The van der Waals surface area contributed by atoms with Gasteiger partial charge in [-0.1, -0.05) is 12.1 Å². The highest BCUT2D eigenvalue weighted by Crippen LogP contribution is 2.26. The lowest BCUT2D eigenvalue weighted by Gasteiger charge is -2.10. The van der Waals surface area contributed by atoms with Gasteiger partial charge in [-0.05, 0) is 44.9 Å². The Morgan fingerprint density at radius 3 is 2.61 bits per heavy atom. The number of aromatic amines is 1. The molecule has 144 valence electrons. The van der Waals surface area contributed by atoms with Crippen molar-refractivity contribution in [3.05, 3.63) is 53.0 Å². The quantitative estimate of drug-likeness (QED) is 0.634. The van der Waals surface area contributed by atoms with Crippen LogP contribution in [0.5, 0.6) is 0 Å². The maximum atomic E-state index is 12.7. The number of H-pyrrole nitrogens is 1. The van der Waals surface area contributed by atoms with Crippen molar-refractivity contribution in [1.29, 1.82) is 0 Å². The van der Waals surface area contributed by atoms with E-state index in [9.17, 15) is 9.59 Å². The smallest absolute Gasteiger partial charge is 0.273 e. The Balaban J connectivity index is 1.55. The molecule has 3 N–H and O–H groups in total. The minimum Gasteiger partial charge on any atom is -0.349 e. The Morgan fingerprint density at radius 2 is 1.93 bits per heavy atom. The lowest BCUT2D eigenvalue weighted by molar-refractivity contribution is 0.0952. The van der Waals surface area contributed by atoms with Crippen LogP contribution in [0.1, 0.15) is 45.1 Å². The summed E-state index contributed by atoms with van der Waals surface area (Å²) in [4.78, 5) is 25.1. The first-order valence-electron chi connectivity index (χ1n) is 9.21. The molecule has 1 aliphatic rings. The van der Waals surface area contributed by atoms with Gasteiger partial charge < -0.3 is 10.6 Å². The standard InChI is InChI=1S/C20H22N6O2/c1-11-18(12(2)26(3)25-11)16-10-17(24-23-16)20(28)22-15-7-5-4-6-14(15)19(27)21-13-8-9-13/h4-7,10,13H,8-9H2,1-3H3,(H,21,27)(H,22,28)(H,23,24). The summed E-state index contributed by atoms with van der Waals surface area (Å²) in [5.74, 6) is -0.532. The lowest BCUT2D eigenvalue weighted by Crippen LogP contribution is -2.27. The Hall–Kier alpha value is -3.42. The number of nitrogens with one attached hydrogen (secondary N) is 3. The van der Waals surface area contributed by atoms with Gasteiger partial charge in [0.2, 0.25) is 0 Å². The molecule has 0 atom stereocenters. The molecule has 0 spiro atoms. The van der Waals surface area contributed by atoms with Crippen molar-refractivity contribution in [2.24, 2.45) is 7.05 Å². The highest BCUT2D eigenvalue weighted by Gasteiger charge is 2.25. The van der Waals surface area contributed by atoms with Crippen molar-refractivity contribution in [3.8, 4) is 11.3 Å². The second-order valence-corrected chi connectivity index (χ2v) is 7.08. The number of carbonyl (C=O) groups excluding carboxylic acids is 2. The number of rotatable bonds is 5. The van der Waals surface area contributed by atoms with E-state index in [0.717, 1.165) is 29.8 Å². The van der Waals surface area contributed by atoms with Gasteiger partial charge in [0.15, 0.2) is 0 Å². The summed E-state index contributed by atoms with van der Waals surface area (Å²) in [7, 11) is 1.87. The van der Waals surface area contributed by atoms with E-state index in [1.807, 2.05) is 20.9 Å². The molecule has 0 aliphatic heterocycles. The maximum absolute atomic E-state index is 12.7. The zero-order valence-corrected chi connectivity index (χ0v) is 16.0. The second-order valence-electron chi connectivity index (χ2n) is 7.08. The minimum absolute atomic E-state index is 0.176. The molecule has 4 rings (SSSR count). The van der Waals surface area contributed by atoms with Crippen LogP contribution in [0.15, 0.2) is 30.3 Å². The van der Waals surface area contributed by atoms with E-state index in [1.165, 1.54) is 0 Å². The summed E-state index contributed by atoms with van der Waals surface area (Å²) >= 11 is 0. The number of hydrogen-bond acceptors (Lipinski definition) is 4. The predicted octanol–water partition coefficient (Wildman–Crippen LogP) is 2.57. The number of anilines is 1. The predicted molar refractivity (Wildman–Crippen MR) is 105 cm³/mol.